The number of unbranched alkanes of at least 4 members (excludes halogenated alkanes) is 3. The number of rotatable bonds is 7. The fraction of sp³-hybridized carbons (Fsp3) is 0.909. The highest BCUT2D eigenvalue weighted by molar-refractivity contribution is 4.66. The second-order valence-corrected chi connectivity index (χ2v) is 3.53. The molecule has 0 nitrogen and oxygen atoms in total. The average molecular weight is 155 g/mol. The Bertz CT molecular complexity index is 66.4. The summed E-state index contributed by atoms with van der Waals surface area (Å²) in [6.07, 6.45) is 10.6. The Morgan fingerprint density at radius 1 is 1.18 bits per heavy atom. The first-order valence-electron chi connectivity index (χ1n) is 5.12. The second kappa shape index (κ2) is 8.10. The fourth-order valence-corrected chi connectivity index (χ4v) is 1.31. The van der Waals surface area contributed by atoms with Crippen molar-refractivity contribution >= 4 is 0 Å². The molecule has 1 unspecified atom stereocenters. The SMILES string of the molecule is CC[CH]CC(C)CCCCC. The maximum absolute atomic E-state index is 2.40. The van der Waals surface area contributed by atoms with Gasteiger partial charge in [0.15, 0.2) is 0 Å². The van der Waals surface area contributed by atoms with Gasteiger partial charge in [-0.15, -0.1) is 0 Å². The van der Waals surface area contributed by atoms with Crippen molar-refractivity contribution in [1.29, 1.82) is 0 Å². The van der Waals surface area contributed by atoms with Crippen LogP contribution in [0.4, 0.5) is 0 Å². The van der Waals surface area contributed by atoms with Gasteiger partial charge in [0.25, 0.3) is 0 Å². The third kappa shape index (κ3) is 7.90. The molecular formula is C11H23. The van der Waals surface area contributed by atoms with Crippen molar-refractivity contribution in [3.05, 3.63) is 6.42 Å². The highest BCUT2D eigenvalue weighted by atomic mass is 14.1. The summed E-state index contributed by atoms with van der Waals surface area (Å²) in [5.41, 5.74) is 0. The molecule has 0 heteroatoms. The van der Waals surface area contributed by atoms with Gasteiger partial charge in [0.2, 0.25) is 0 Å². The summed E-state index contributed by atoms with van der Waals surface area (Å²) in [7, 11) is 0. The summed E-state index contributed by atoms with van der Waals surface area (Å²) >= 11 is 0. The van der Waals surface area contributed by atoms with E-state index in [1.807, 2.05) is 0 Å². The summed E-state index contributed by atoms with van der Waals surface area (Å²) in [5.74, 6) is 0.918. The van der Waals surface area contributed by atoms with Crippen molar-refractivity contribution in [3.63, 3.8) is 0 Å². The van der Waals surface area contributed by atoms with E-state index in [0.29, 0.717) is 0 Å². The normalized spacial score (nSPS) is 13.4. The van der Waals surface area contributed by atoms with Crippen LogP contribution in [0.25, 0.3) is 0 Å². The third-order valence-electron chi connectivity index (χ3n) is 2.16. The molecule has 0 spiro atoms. The molecule has 0 N–H and O–H groups in total. The Morgan fingerprint density at radius 2 is 1.91 bits per heavy atom. The van der Waals surface area contributed by atoms with E-state index in [0.717, 1.165) is 5.92 Å². The Morgan fingerprint density at radius 3 is 2.45 bits per heavy atom. The van der Waals surface area contributed by atoms with Gasteiger partial charge in [-0.2, -0.15) is 0 Å². The lowest BCUT2D eigenvalue weighted by atomic mass is 9.98. The summed E-state index contributed by atoms with van der Waals surface area (Å²) in [5, 5.41) is 0. The van der Waals surface area contributed by atoms with Gasteiger partial charge in [0.05, 0.1) is 0 Å². The molecule has 0 rings (SSSR count). The lowest BCUT2D eigenvalue weighted by Crippen LogP contribution is -1.94. The van der Waals surface area contributed by atoms with E-state index in [2.05, 4.69) is 27.2 Å². The molecule has 0 aliphatic carbocycles. The first-order chi connectivity index (χ1) is 5.31. The minimum Gasteiger partial charge on any atom is -0.0654 e. The molecule has 67 valence electrons. The van der Waals surface area contributed by atoms with E-state index in [4.69, 9.17) is 0 Å². The maximum atomic E-state index is 2.40. The van der Waals surface area contributed by atoms with E-state index in [1.165, 1.54) is 38.5 Å². The van der Waals surface area contributed by atoms with Gasteiger partial charge >= 0.3 is 0 Å². The zero-order valence-electron chi connectivity index (χ0n) is 8.40. The summed E-state index contributed by atoms with van der Waals surface area (Å²) in [4.78, 5) is 0. The van der Waals surface area contributed by atoms with Crippen LogP contribution >= 0.6 is 0 Å². The molecule has 11 heavy (non-hydrogen) atoms. The molecule has 0 saturated heterocycles. The van der Waals surface area contributed by atoms with Crippen LogP contribution in [0.1, 0.15) is 59.3 Å². The van der Waals surface area contributed by atoms with E-state index < -0.39 is 0 Å². The predicted octanol–water partition coefficient (Wildman–Crippen LogP) is 4.21. The largest absolute Gasteiger partial charge is 0.0654 e. The van der Waals surface area contributed by atoms with Gasteiger partial charge in [-0.3, -0.25) is 0 Å². The van der Waals surface area contributed by atoms with Crippen molar-refractivity contribution in [2.45, 2.75) is 59.3 Å². The first kappa shape index (κ1) is 11.0. The van der Waals surface area contributed by atoms with Crippen molar-refractivity contribution in [1.82, 2.24) is 0 Å². The zero-order valence-corrected chi connectivity index (χ0v) is 8.40. The van der Waals surface area contributed by atoms with Crippen LogP contribution in [0.15, 0.2) is 0 Å². The summed E-state index contributed by atoms with van der Waals surface area (Å²) < 4.78 is 0. The highest BCUT2D eigenvalue weighted by Gasteiger charge is 1.99. The molecule has 1 radical (unpaired) electrons. The molecule has 0 aliphatic heterocycles. The van der Waals surface area contributed by atoms with Gasteiger partial charge in [-0.1, -0.05) is 52.9 Å². The molecular weight excluding hydrogens is 132 g/mol. The standard InChI is InChI=1S/C11H23/c1-4-6-8-10-11(3)9-7-5-2/h7,11H,4-6,8-10H2,1-3H3. The molecule has 0 fully saturated rings. The first-order valence-corrected chi connectivity index (χ1v) is 5.12. The summed E-state index contributed by atoms with van der Waals surface area (Å²) in [6, 6.07) is 0. The van der Waals surface area contributed by atoms with Crippen molar-refractivity contribution < 1.29 is 0 Å². The number of hydrogen-bond acceptors (Lipinski definition) is 0. The van der Waals surface area contributed by atoms with Crippen LogP contribution in [0, 0.1) is 12.3 Å². The smallest absolute Gasteiger partial charge is 0.0386 e. The molecule has 0 heterocycles. The average Bonchev–Trinajstić information content (AvgIpc) is 2.01. The van der Waals surface area contributed by atoms with E-state index in [9.17, 15) is 0 Å². The molecule has 0 amide bonds. The molecule has 0 bridgehead atoms. The van der Waals surface area contributed by atoms with Gasteiger partial charge < -0.3 is 0 Å². The fourth-order valence-electron chi connectivity index (χ4n) is 1.31. The van der Waals surface area contributed by atoms with Crippen molar-refractivity contribution in [2.24, 2.45) is 5.92 Å². The van der Waals surface area contributed by atoms with E-state index in [1.54, 1.807) is 0 Å². The van der Waals surface area contributed by atoms with Crippen LogP contribution in [-0.2, 0) is 0 Å². The van der Waals surface area contributed by atoms with Crippen LogP contribution in [0.3, 0.4) is 0 Å². The lowest BCUT2D eigenvalue weighted by Gasteiger charge is -2.08. The zero-order chi connectivity index (χ0) is 8.53. The van der Waals surface area contributed by atoms with Crippen LogP contribution in [0.5, 0.6) is 0 Å². The third-order valence-corrected chi connectivity index (χ3v) is 2.16. The minimum atomic E-state index is 0.918. The predicted molar refractivity (Wildman–Crippen MR) is 52.5 cm³/mol. The van der Waals surface area contributed by atoms with E-state index >= 15 is 0 Å². The Balaban J connectivity index is 3.02. The number of hydrogen-bond donors (Lipinski definition) is 0. The van der Waals surface area contributed by atoms with Gasteiger partial charge in [0.1, 0.15) is 0 Å². The Labute approximate surface area is 72.4 Å². The van der Waals surface area contributed by atoms with Gasteiger partial charge in [-0.05, 0) is 18.8 Å². The van der Waals surface area contributed by atoms with Crippen molar-refractivity contribution in [3.8, 4) is 0 Å². The Kier molecular flexibility index (Phi) is 8.10. The van der Waals surface area contributed by atoms with Gasteiger partial charge in [-0.25, -0.2) is 0 Å². The lowest BCUT2D eigenvalue weighted by molar-refractivity contribution is 0.485. The Hall–Kier alpha value is 0. The monoisotopic (exact) mass is 155 g/mol. The molecule has 0 aromatic carbocycles. The maximum Gasteiger partial charge on any atom is -0.0386 e. The minimum absolute atomic E-state index is 0.918. The molecule has 0 saturated carbocycles. The summed E-state index contributed by atoms with van der Waals surface area (Å²) in [6.45, 7) is 6.85. The topological polar surface area (TPSA) is 0 Å². The molecule has 0 aliphatic rings. The quantitative estimate of drug-likeness (QED) is 0.483. The van der Waals surface area contributed by atoms with Crippen LogP contribution in [-0.4, -0.2) is 0 Å². The van der Waals surface area contributed by atoms with Gasteiger partial charge in [0, 0.05) is 0 Å². The van der Waals surface area contributed by atoms with Crippen LogP contribution in [0.2, 0.25) is 0 Å². The second-order valence-electron chi connectivity index (χ2n) is 3.53. The molecule has 0 aromatic rings. The molecule has 1 atom stereocenters. The van der Waals surface area contributed by atoms with E-state index in [-0.39, 0.29) is 0 Å². The highest BCUT2D eigenvalue weighted by Crippen LogP contribution is 2.14. The van der Waals surface area contributed by atoms with Crippen molar-refractivity contribution in [2.75, 3.05) is 0 Å². The molecule has 0 aromatic heterocycles. The van der Waals surface area contributed by atoms with Crippen LogP contribution < -0.4 is 0 Å².